The van der Waals surface area contributed by atoms with Crippen molar-refractivity contribution in [2.75, 3.05) is 13.1 Å². The van der Waals surface area contributed by atoms with Gasteiger partial charge in [-0.25, -0.2) is 4.99 Å². The van der Waals surface area contributed by atoms with Gasteiger partial charge in [-0.15, -0.1) is 24.0 Å². The number of hydrogen-bond donors (Lipinski definition) is 1. The number of hydrogen-bond acceptors (Lipinski definition) is 1. The van der Waals surface area contributed by atoms with Crippen LogP contribution in [-0.2, 0) is 0 Å². The van der Waals surface area contributed by atoms with Crippen molar-refractivity contribution in [1.29, 1.82) is 0 Å². The SMILES string of the molecule is CC1CCN(C(N)=N[C@@H]2C[C@H]2C2CC2)CC1.I. The van der Waals surface area contributed by atoms with Gasteiger partial charge in [-0.1, -0.05) is 6.92 Å². The Bertz CT molecular complexity index is 293. The topological polar surface area (TPSA) is 41.6 Å². The zero-order valence-corrected chi connectivity index (χ0v) is 13.0. The molecule has 0 unspecified atom stereocenters. The average Bonchev–Trinajstić information content (AvgIpc) is 3.12. The number of rotatable bonds is 2. The molecule has 2 atom stereocenters. The average molecular weight is 349 g/mol. The van der Waals surface area contributed by atoms with Crippen LogP contribution in [0, 0.1) is 17.8 Å². The fourth-order valence-electron chi connectivity index (χ4n) is 2.87. The maximum Gasteiger partial charge on any atom is 0.191 e. The lowest BCUT2D eigenvalue weighted by Crippen LogP contribution is -2.42. The summed E-state index contributed by atoms with van der Waals surface area (Å²) in [7, 11) is 0. The summed E-state index contributed by atoms with van der Waals surface area (Å²) in [6.45, 7) is 4.54. The van der Waals surface area contributed by atoms with Crippen molar-refractivity contribution in [3.05, 3.63) is 0 Å². The van der Waals surface area contributed by atoms with E-state index in [1.807, 2.05) is 0 Å². The molecule has 1 saturated heterocycles. The molecule has 0 aromatic heterocycles. The Morgan fingerprint density at radius 3 is 2.41 bits per heavy atom. The molecule has 3 rings (SSSR count). The molecule has 0 amide bonds. The maximum atomic E-state index is 6.09. The van der Waals surface area contributed by atoms with Gasteiger partial charge < -0.3 is 10.6 Å². The molecule has 1 aliphatic heterocycles. The van der Waals surface area contributed by atoms with Crippen LogP contribution in [0.4, 0.5) is 0 Å². The minimum atomic E-state index is 0. The van der Waals surface area contributed by atoms with E-state index in [1.54, 1.807) is 0 Å². The van der Waals surface area contributed by atoms with Crippen molar-refractivity contribution in [2.24, 2.45) is 28.5 Å². The number of likely N-dealkylation sites (tertiary alicyclic amines) is 1. The van der Waals surface area contributed by atoms with Crippen molar-refractivity contribution < 1.29 is 0 Å². The molecule has 0 spiro atoms. The predicted molar refractivity (Wildman–Crippen MR) is 81.6 cm³/mol. The minimum Gasteiger partial charge on any atom is -0.370 e. The molecule has 0 aromatic carbocycles. The Kier molecular flexibility index (Phi) is 4.21. The summed E-state index contributed by atoms with van der Waals surface area (Å²) >= 11 is 0. The molecule has 1 heterocycles. The van der Waals surface area contributed by atoms with Gasteiger partial charge in [-0.2, -0.15) is 0 Å². The second kappa shape index (κ2) is 5.33. The molecule has 17 heavy (non-hydrogen) atoms. The van der Waals surface area contributed by atoms with E-state index < -0.39 is 0 Å². The summed E-state index contributed by atoms with van der Waals surface area (Å²) < 4.78 is 0. The van der Waals surface area contributed by atoms with Gasteiger partial charge in [0.25, 0.3) is 0 Å². The Labute approximate surface area is 121 Å². The maximum absolute atomic E-state index is 6.09. The molecule has 98 valence electrons. The van der Waals surface area contributed by atoms with E-state index in [0.29, 0.717) is 6.04 Å². The van der Waals surface area contributed by atoms with E-state index >= 15 is 0 Å². The number of nitrogens with zero attached hydrogens (tertiary/aromatic N) is 2. The first-order valence-electron chi connectivity index (χ1n) is 6.82. The zero-order chi connectivity index (χ0) is 11.1. The van der Waals surface area contributed by atoms with Crippen LogP contribution < -0.4 is 5.73 Å². The van der Waals surface area contributed by atoms with Gasteiger partial charge >= 0.3 is 0 Å². The molecule has 0 bridgehead atoms. The molecular weight excluding hydrogens is 325 g/mol. The van der Waals surface area contributed by atoms with Crippen molar-refractivity contribution >= 4 is 29.9 Å². The predicted octanol–water partition coefficient (Wildman–Crippen LogP) is 2.45. The number of halogens is 1. The summed E-state index contributed by atoms with van der Waals surface area (Å²) in [4.78, 5) is 6.98. The summed E-state index contributed by atoms with van der Waals surface area (Å²) in [5.41, 5.74) is 6.09. The van der Waals surface area contributed by atoms with Gasteiger partial charge in [0, 0.05) is 13.1 Å². The van der Waals surface area contributed by atoms with Crippen LogP contribution in [0.3, 0.4) is 0 Å². The van der Waals surface area contributed by atoms with Gasteiger partial charge in [-0.05, 0) is 49.9 Å². The van der Waals surface area contributed by atoms with Crippen LogP contribution >= 0.6 is 24.0 Å². The lowest BCUT2D eigenvalue weighted by Gasteiger charge is -2.31. The van der Waals surface area contributed by atoms with Crippen molar-refractivity contribution in [2.45, 2.75) is 45.1 Å². The number of piperidine rings is 1. The quantitative estimate of drug-likeness (QED) is 0.473. The molecule has 0 aromatic rings. The van der Waals surface area contributed by atoms with Crippen LogP contribution in [0.2, 0.25) is 0 Å². The van der Waals surface area contributed by atoms with Crippen molar-refractivity contribution in [3.63, 3.8) is 0 Å². The second-order valence-electron chi connectivity index (χ2n) is 5.96. The Morgan fingerprint density at radius 2 is 1.82 bits per heavy atom. The summed E-state index contributed by atoms with van der Waals surface area (Å²) in [6, 6.07) is 0.576. The molecular formula is C13H24IN3. The third-order valence-corrected chi connectivity index (χ3v) is 4.44. The van der Waals surface area contributed by atoms with Crippen molar-refractivity contribution in [1.82, 2.24) is 4.90 Å². The lowest BCUT2D eigenvalue weighted by molar-refractivity contribution is 0.277. The monoisotopic (exact) mass is 349 g/mol. The minimum absolute atomic E-state index is 0. The van der Waals surface area contributed by atoms with Crippen molar-refractivity contribution in [3.8, 4) is 0 Å². The molecule has 3 nitrogen and oxygen atoms in total. The van der Waals surface area contributed by atoms with Crippen LogP contribution in [0.5, 0.6) is 0 Å². The first kappa shape index (κ1) is 13.4. The Hall–Kier alpha value is 0. The van der Waals surface area contributed by atoms with Crippen LogP contribution in [0.15, 0.2) is 4.99 Å². The van der Waals surface area contributed by atoms with E-state index in [-0.39, 0.29) is 24.0 Å². The van der Waals surface area contributed by atoms with Gasteiger partial charge in [0.1, 0.15) is 0 Å². The standard InChI is InChI=1S/C13H23N3.HI/c1-9-4-6-16(7-5-9)13(14)15-12-8-11(12)10-2-3-10;/h9-12H,2-8H2,1H3,(H2,14,15);1H/t11-,12+;/m0./s1. The summed E-state index contributed by atoms with van der Waals surface area (Å²) in [6.07, 6.45) is 6.73. The van der Waals surface area contributed by atoms with Crippen LogP contribution in [0.25, 0.3) is 0 Å². The fraction of sp³-hybridized carbons (Fsp3) is 0.923. The smallest absolute Gasteiger partial charge is 0.191 e. The fourth-order valence-corrected chi connectivity index (χ4v) is 2.87. The highest BCUT2D eigenvalue weighted by molar-refractivity contribution is 14.0. The van der Waals surface area contributed by atoms with Gasteiger partial charge in [0.05, 0.1) is 6.04 Å². The zero-order valence-electron chi connectivity index (χ0n) is 10.6. The first-order valence-corrected chi connectivity index (χ1v) is 6.82. The number of guanidine groups is 1. The van der Waals surface area contributed by atoms with E-state index in [4.69, 9.17) is 10.7 Å². The Morgan fingerprint density at radius 1 is 1.18 bits per heavy atom. The highest BCUT2D eigenvalue weighted by Crippen LogP contribution is 2.51. The Balaban J connectivity index is 0.00000108. The van der Waals surface area contributed by atoms with E-state index in [0.717, 1.165) is 36.8 Å². The highest BCUT2D eigenvalue weighted by Gasteiger charge is 2.47. The molecule has 3 aliphatic rings. The summed E-state index contributed by atoms with van der Waals surface area (Å²) in [5, 5.41) is 0. The molecule has 0 radical (unpaired) electrons. The molecule has 2 aliphatic carbocycles. The lowest BCUT2D eigenvalue weighted by atomic mass is 10.00. The third-order valence-electron chi connectivity index (χ3n) is 4.44. The van der Waals surface area contributed by atoms with Crippen LogP contribution in [0.1, 0.15) is 39.0 Å². The van der Waals surface area contributed by atoms with Gasteiger partial charge in [0.2, 0.25) is 0 Å². The highest BCUT2D eigenvalue weighted by atomic mass is 127. The molecule has 4 heteroatoms. The van der Waals surface area contributed by atoms with E-state index in [9.17, 15) is 0 Å². The van der Waals surface area contributed by atoms with E-state index in [2.05, 4.69) is 11.8 Å². The van der Waals surface area contributed by atoms with Crippen LogP contribution in [-0.4, -0.2) is 30.0 Å². The largest absolute Gasteiger partial charge is 0.370 e. The summed E-state index contributed by atoms with van der Waals surface area (Å²) in [5.74, 6) is 3.58. The second-order valence-corrected chi connectivity index (χ2v) is 5.96. The normalized spacial score (nSPS) is 34.4. The van der Waals surface area contributed by atoms with Gasteiger partial charge in [-0.3, -0.25) is 0 Å². The third kappa shape index (κ3) is 3.26. The molecule has 3 fully saturated rings. The van der Waals surface area contributed by atoms with Gasteiger partial charge in [0.15, 0.2) is 5.96 Å². The molecule has 2 N–H and O–H groups in total. The first-order chi connectivity index (χ1) is 7.74. The van der Waals surface area contributed by atoms with E-state index in [1.165, 1.54) is 32.1 Å². The number of aliphatic imine (C=N–C) groups is 1. The molecule has 2 saturated carbocycles. The number of nitrogens with two attached hydrogens (primary N) is 1.